The first-order chi connectivity index (χ1) is 14.0. The number of urea groups is 1. The molecule has 0 fully saturated rings. The summed E-state index contributed by atoms with van der Waals surface area (Å²) in [5.74, 6) is 0.459. The Morgan fingerprint density at radius 3 is 2.23 bits per heavy atom. The third-order valence-electron chi connectivity index (χ3n) is 3.72. The van der Waals surface area contributed by atoms with Crippen molar-refractivity contribution in [1.29, 1.82) is 0 Å². The molecule has 1 rings (SSSR count). The van der Waals surface area contributed by atoms with Gasteiger partial charge >= 0.3 is 12.1 Å². The molecule has 1 atom stereocenters. The first-order valence-corrected chi connectivity index (χ1v) is 11.3. The van der Waals surface area contributed by atoms with Crippen molar-refractivity contribution < 1.29 is 19.1 Å². The summed E-state index contributed by atoms with van der Waals surface area (Å²) in [5, 5.41) is 11.0. The van der Waals surface area contributed by atoms with E-state index in [0.29, 0.717) is 18.7 Å². The number of benzene rings is 1. The predicted molar refractivity (Wildman–Crippen MR) is 122 cm³/mol. The minimum absolute atomic E-state index is 0.0489. The van der Waals surface area contributed by atoms with Gasteiger partial charge in [0.15, 0.2) is 0 Å². The average molecular weight is 439 g/mol. The molecule has 0 aliphatic carbocycles. The molecule has 0 unspecified atom stereocenters. The van der Waals surface area contributed by atoms with E-state index in [-0.39, 0.29) is 18.0 Å². The number of nitrogens with one attached hydrogen (secondary N) is 4. The molecule has 8 nitrogen and oxygen atoms in total. The van der Waals surface area contributed by atoms with Crippen molar-refractivity contribution in [2.24, 2.45) is 0 Å². The zero-order valence-electron chi connectivity index (χ0n) is 18.6. The number of carbonyl (C=O) groups excluding carboxylic acids is 3. The second kappa shape index (κ2) is 12.3. The Morgan fingerprint density at radius 1 is 1.07 bits per heavy atom. The molecule has 0 saturated carbocycles. The maximum atomic E-state index is 12.6. The summed E-state index contributed by atoms with van der Waals surface area (Å²) in [5.41, 5.74) is 0.902. The molecular weight excluding hydrogens is 404 g/mol. The number of thioether (sulfide) groups is 1. The number of carbonyl (C=O) groups is 3. The first kappa shape index (κ1) is 25.6. The van der Waals surface area contributed by atoms with E-state index < -0.39 is 17.7 Å². The Bertz CT molecular complexity index is 702. The van der Waals surface area contributed by atoms with Crippen molar-refractivity contribution in [2.45, 2.75) is 65.3 Å². The van der Waals surface area contributed by atoms with E-state index in [4.69, 9.17) is 4.74 Å². The van der Waals surface area contributed by atoms with Gasteiger partial charge in [0, 0.05) is 18.3 Å². The fraction of sp³-hybridized carbons (Fsp3) is 0.571. The van der Waals surface area contributed by atoms with Crippen LogP contribution in [0.3, 0.4) is 0 Å². The van der Waals surface area contributed by atoms with Gasteiger partial charge in [-0.25, -0.2) is 9.59 Å². The van der Waals surface area contributed by atoms with Crippen LogP contribution in [0.1, 0.15) is 46.6 Å². The molecule has 4 amide bonds. The van der Waals surface area contributed by atoms with Gasteiger partial charge in [-0.15, -0.1) is 0 Å². The van der Waals surface area contributed by atoms with Crippen LogP contribution in [0.15, 0.2) is 24.3 Å². The van der Waals surface area contributed by atoms with Crippen LogP contribution in [-0.4, -0.2) is 47.7 Å². The molecule has 168 valence electrons. The highest BCUT2D eigenvalue weighted by Gasteiger charge is 2.23. The summed E-state index contributed by atoms with van der Waals surface area (Å²) >= 11 is 1.60. The van der Waals surface area contributed by atoms with Crippen LogP contribution < -0.4 is 21.3 Å². The Labute approximate surface area is 183 Å². The lowest BCUT2D eigenvalue weighted by Gasteiger charge is -2.23. The number of ether oxygens (including phenoxy) is 1. The van der Waals surface area contributed by atoms with Crippen LogP contribution in [0.25, 0.3) is 0 Å². The van der Waals surface area contributed by atoms with E-state index in [1.54, 1.807) is 44.7 Å². The molecule has 0 radical (unpaired) electrons. The highest BCUT2D eigenvalue weighted by atomic mass is 32.2. The van der Waals surface area contributed by atoms with Crippen LogP contribution >= 0.6 is 11.8 Å². The average Bonchev–Trinajstić information content (AvgIpc) is 2.62. The van der Waals surface area contributed by atoms with Gasteiger partial charge in [-0.1, -0.05) is 12.1 Å². The number of amides is 4. The molecule has 0 spiro atoms. The van der Waals surface area contributed by atoms with Crippen LogP contribution in [-0.2, 0) is 16.1 Å². The van der Waals surface area contributed by atoms with Gasteiger partial charge in [0.25, 0.3) is 0 Å². The Balaban J connectivity index is 2.60. The second-order valence-electron chi connectivity index (χ2n) is 8.15. The molecule has 0 aliphatic heterocycles. The van der Waals surface area contributed by atoms with E-state index in [9.17, 15) is 14.4 Å². The van der Waals surface area contributed by atoms with Crippen molar-refractivity contribution in [2.75, 3.05) is 17.3 Å². The Kier molecular flexibility index (Phi) is 10.5. The summed E-state index contributed by atoms with van der Waals surface area (Å²) in [6, 6.07) is 6.29. The molecule has 30 heavy (non-hydrogen) atoms. The van der Waals surface area contributed by atoms with E-state index >= 15 is 0 Å². The van der Waals surface area contributed by atoms with Gasteiger partial charge in [-0.2, -0.15) is 11.8 Å². The van der Waals surface area contributed by atoms with Gasteiger partial charge in [-0.3, -0.25) is 4.79 Å². The molecule has 0 aliphatic rings. The zero-order valence-corrected chi connectivity index (χ0v) is 19.4. The van der Waals surface area contributed by atoms with Crippen molar-refractivity contribution >= 4 is 35.5 Å². The lowest BCUT2D eigenvalue weighted by molar-refractivity contribution is -0.123. The lowest BCUT2D eigenvalue weighted by Crippen LogP contribution is -2.48. The number of alkyl carbamates (subject to hydrolysis) is 1. The van der Waals surface area contributed by atoms with E-state index in [1.807, 2.05) is 32.2 Å². The molecule has 1 aromatic rings. The largest absolute Gasteiger partial charge is 0.444 e. The van der Waals surface area contributed by atoms with Crippen molar-refractivity contribution in [1.82, 2.24) is 16.0 Å². The molecule has 1 aromatic carbocycles. The molecule has 0 heterocycles. The maximum absolute atomic E-state index is 12.6. The summed E-state index contributed by atoms with van der Waals surface area (Å²) in [6.45, 7) is 9.39. The van der Waals surface area contributed by atoms with Crippen molar-refractivity contribution in [3.8, 4) is 0 Å². The summed E-state index contributed by atoms with van der Waals surface area (Å²) in [6.07, 6.45) is 1.83. The Hall–Kier alpha value is -2.42. The quantitative estimate of drug-likeness (QED) is 0.472. The van der Waals surface area contributed by atoms with E-state index in [0.717, 1.165) is 11.3 Å². The molecule has 0 bridgehead atoms. The normalized spacial score (nSPS) is 12.1. The predicted octanol–water partition coefficient (Wildman–Crippen LogP) is 3.48. The lowest BCUT2D eigenvalue weighted by atomic mass is 10.1. The monoisotopic (exact) mass is 438 g/mol. The van der Waals surface area contributed by atoms with Gasteiger partial charge in [0.1, 0.15) is 11.6 Å². The fourth-order valence-corrected chi connectivity index (χ4v) is 2.87. The summed E-state index contributed by atoms with van der Waals surface area (Å²) in [7, 11) is 0. The minimum Gasteiger partial charge on any atom is -0.444 e. The van der Waals surface area contributed by atoms with Gasteiger partial charge in [-0.05, 0) is 70.7 Å². The van der Waals surface area contributed by atoms with Crippen LogP contribution in [0.4, 0.5) is 15.3 Å². The summed E-state index contributed by atoms with van der Waals surface area (Å²) in [4.78, 5) is 36.4. The highest BCUT2D eigenvalue weighted by Crippen LogP contribution is 2.11. The van der Waals surface area contributed by atoms with Gasteiger partial charge < -0.3 is 26.0 Å². The van der Waals surface area contributed by atoms with Gasteiger partial charge in [0.2, 0.25) is 5.91 Å². The van der Waals surface area contributed by atoms with Crippen molar-refractivity contribution in [3.63, 3.8) is 0 Å². The van der Waals surface area contributed by atoms with Crippen LogP contribution in [0, 0.1) is 0 Å². The number of anilines is 1. The summed E-state index contributed by atoms with van der Waals surface area (Å²) < 4.78 is 5.25. The zero-order chi connectivity index (χ0) is 22.7. The highest BCUT2D eigenvalue weighted by molar-refractivity contribution is 7.98. The number of hydrogen-bond donors (Lipinski definition) is 4. The van der Waals surface area contributed by atoms with Crippen molar-refractivity contribution in [3.05, 3.63) is 29.8 Å². The second-order valence-corrected chi connectivity index (χ2v) is 9.13. The van der Waals surface area contributed by atoms with Gasteiger partial charge in [0.05, 0.1) is 0 Å². The fourth-order valence-electron chi connectivity index (χ4n) is 2.40. The smallest absolute Gasteiger partial charge is 0.408 e. The van der Waals surface area contributed by atoms with Crippen LogP contribution in [0.5, 0.6) is 0 Å². The SMILES string of the molecule is CSCC[C@@H](NC(=O)OC(C)(C)C)C(=O)NCc1ccc(NC(=O)NC(C)C)cc1. The van der Waals surface area contributed by atoms with Crippen LogP contribution in [0.2, 0.25) is 0 Å². The number of hydrogen-bond acceptors (Lipinski definition) is 5. The van der Waals surface area contributed by atoms with E-state index in [2.05, 4.69) is 21.3 Å². The molecule has 0 saturated heterocycles. The third-order valence-corrected chi connectivity index (χ3v) is 4.36. The topological polar surface area (TPSA) is 109 Å². The maximum Gasteiger partial charge on any atom is 0.408 e. The standard InChI is InChI=1S/C21H34N4O4S/c1-14(2)23-19(27)24-16-9-7-15(8-10-16)13-22-18(26)17(11-12-30-6)25-20(28)29-21(3,4)5/h7-10,14,17H,11-13H2,1-6H3,(H,22,26)(H,25,28)(H2,23,24,27)/t17-/m1/s1. The Morgan fingerprint density at radius 2 is 1.70 bits per heavy atom. The molecule has 9 heteroatoms. The third kappa shape index (κ3) is 10.9. The first-order valence-electron chi connectivity index (χ1n) is 9.92. The minimum atomic E-state index is -0.673. The molecular formula is C21H34N4O4S. The van der Waals surface area contributed by atoms with E-state index in [1.165, 1.54) is 0 Å². The molecule has 0 aromatic heterocycles. The molecule has 4 N–H and O–H groups in total. The number of rotatable bonds is 9.